The molecule has 1 heterocycles. The Balaban J connectivity index is 2.02. The molecule has 0 fully saturated rings. The van der Waals surface area contributed by atoms with E-state index in [4.69, 9.17) is 16.3 Å². The Morgan fingerprint density at radius 3 is 2.58 bits per heavy atom. The van der Waals surface area contributed by atoms with E-state index >= 15 is 0 Å². The lowest BCUT2D eigenvalue weighted by atomic mass is 10.1. The van der Waals surface area contributed by atoms with Crippen LogP contribution in [0, 0.1) is 10.1 Å². The third kappa shape index (κ3) is 3.05. The van der Waals surface area contributed by atoms with Crippen molar-refractivity contribution >= 4 is 28.9 Å². The number of halogens is 1. The predicted molar refractivity (Wildman–Crippen MR) is 90.4 cm³/mol. The number of hydrogen-bond acceptors (Lipinski definition) is 4. The summed E-state index contributed by atoms with van der Waals surface area (Å²) in [5.74, 6) is 0.265. The summed E-state index contributed by atoms with van der Waals surface area (Å²) in [4.78, 5) is 24.8. The number of anilines is 1. The molecule has 2 aromatic rings. The Morgan fingerprint density at radius 2 is 1.96 bits per heavy atom. The van der Waals surface area contributed by atoms with Crippen molar-refractivity contribution in [2.45, 2.75) is 26.0 Å². The molecule has 6 nitrogen and oxygen atoms in total. The topological polar surface area (TPSA) is 72.7 Å². The van der Waals surface area contributed by atoms with Crippen molar-refractivity contribution in [2.24, 2.45) is 0 Å². The Bertz CT molecular complexity index is 792. The number of rotatable bonds is 4. The number of carbonyl (C=O) groups excluding carboxylic acids is 1. The molecular weight excluding hydrogens is 332 g/mol. The standard InChI is InChI=1S/C17H15ClN2O4/c1-2-15-17(21)19(10-11-3-5-12(18)6-4-11)14-9-13(20(22)23)7-8-16(14)24-15/h3-9,15H,2,10H2,1H3. The summed E-state index contributed by atoms with van der Waals surface area (Å²) in [7, 11) is 0. The van der Waals surface area contributed by atoms with Crippen LogP contribution in [0.15, 0.2) is 42.5 Å². The zero-order valence-electron chi connectivity index (χ0n) is 12.9. The van der Waals surface area contributed by atoms with Crippen LogP contribution in [0.4, 0.5) is 11.4 Å². The summed E-state index contributed by atoms with van der Waals surface area (Å²) in [5.41, 5.74) is 1.21. The number of non-ortho nitro benzene ring substituents is 1. The number of benzene rings is 2. The van der Waals surface area contributed by atoms with E-state index in [1.54, 1.807) is 12.1 Å². The molecule has 2 aromatic carbocycles. The lowest BCUT2D eigenvalue weighted by Gasteiger charge is -2.34. The van der Waals surface area contributed by atoms with Gasteiger partial charge in [0.1, 0.15) is 5.75 Å². The van der Waals surface area contributed by atoms with E-state index in [0.29, 0.717) is 29.4 Å². The molecule has 1 atom stereocenters. The van der Waals surface area contributed by atoms with Crippen molar-refractivity contribution < 1.29 is 14.5 Å². The van der Waals surface area contributed by atoms with E-state index in [-0.39, 0.29) is 11.6 Å². The first kappa shape index (κ1) is 16.3. The van der Waals surface area contributed by atoms with E-state index < -0.39 is 11.0 Å². The highest BCUT2D eigenvalue weighted by molar-refractivity contribution is 6.30. The van der Waals surface area contributed by atoms with Gasteiger partial charge >= 0.3 is 0 Å². The number of hydrogen-bond donors (Lipinski definition) is 0. The molecule has 0 saturated carbocycles. The molecule has 0 spiro atoms. The fourth-order valence-corrected chi connectivity index (χ4v) is 2.75. The Labute approximate surface area is 143 Å². The molecule has 0 saturated heterocycles. The first-order valence-electron chi connectivity index (χ1n) is 7.50. The first-order chi connectivity index (χ1) is 11.5. The summed E-state index contributed by atoms with van der Waals surface area (Å²) in [6, 6.07) is 11.4. The lowest BCUT2D eigenvalue weighted by Crippen LogP contribution is -2.45. The average Bonchev–Trinajstić information content (AvgIpc) is 2.58. The molecule has 1 aliphatic rings. The van der Waals surface area contributed by atoms with Crippen LogP contribution in [0.2, 0.25) is 5.02 Å². The summed E-state index contributed by atoms with van der Waals surface area (Å²) >= 11 is 5.89. The molecule has 1 unspecified atom stereocenters. The van der Waals surface area contributed by atoms with E-state index in [1.807, 2.05) is 19.1 Å². The molecule has 3 rings (SSSR count). The number of nitrogens with zero attached hydrogens (tertiary/aromatic N) is 2. The van der Waals surface area contributed by atoms with Gasteiger partial charge in [-0.3, -0.25) is 14.9 Å². The molecule has 0 radical (unpaired) electrons. The minimum atomic E-state index is -0.591. The zero-order chi connectivity index (χ0) is 17.3. The Morgan fingerprint density at radius 1 is 1.25 bits per heavy atom. The van der Waals surface area contributed by atoms with Crippen molar-refractivity contribution in [3.63, 3.8) is 0 Å². The maximum Gasteiger partial charge on any atom is 0.271 e. The number of amides is 1. The van der Waals surface area contributed by atoms with Crippen molar-refractivity contribution in [1.82, 2.24) is 0 Å². The molecule has 7 heteroatoms. The number of nitro benzene ring substituents is 1. The lowest BCUT2D eigenvalue weighted by molar-refractivity contribution is -0.384. The minimum absolute atomic E-state index is 0.0822. The second-order valence-electron chi connectivity index (χ2n) is 5.47. The SMILES string of the molecule is CCC1Oc2ccc([N+](=O)[O-])cc2N(Cc2ccc(Cl)cc2)C1=O. The average molecular weight is 347 g/mol. The molecule has 124 valence electrons. The van der Waals surface area contributed by atoms with Crippen LogP contribution in [0.5, 0.6) is 5.75 Å². The quantitative estimate of drug-likeness (QED) is 0.620. The molecule has 0 aromatic heterocycles. The van der Waals surface area contributed by atoms with Crippen molar-refractivity contribution in [2.75, 3.05) is 4.90 Å². The molecular formula is C17H15ClN2O4. The van der Waals surface area contributed by atoms with Crippen molar-refractivity contribution in [3.8, 4) is 5.75 Å². The number of ether oxygens (including phenoxy) is 1. The first-order valence-corrected chi connectivity index (χ1v) is 7.88. The molecule has 1 aliphatic heterocycles. The Kier molecular flexibility index (Phi) is 4.40. The Hall–Kier alpha value is -2.60. The van der Waals surface area contributed by atoms with Crippen LogP contribution in [0.3, 0.4) is 0 Å². The second-order valence-corrected chi connectivity index (χ2v) is 5.91. The molecule has 24 heavy (non-hydrogen) atoms. The van der Waals surface area contributed by atoms with Gasteiger partial charge < -0.3 is 9.64 Å². The highest BCUT2D eigenvalue weighted by Gasteiger charge is 2.34. The van der Waals surface area contributed by atoms with Gasteiger partial charge in [-0.2, -0.15) is 0 Å². The van der Waals surface area contributed by atoms with Crippen LogP contribution in [-0.4, -0.2) is 16.9 Å². The summed E-state index contributed by atoms with van der Waals surface area (Å²) in [5, 5.41) is 11.6. The van der Waals surface area contributed by atoms with E-state index in [0.717, 1.165) is 5.56 Å². The molecule has 1 amide bonds. The summed E-state index contributed by atoms with van der Waals surface area (Å²) in [6.07, 6.45) is -0.0712. The van der Waals surface area contributed by atoms with Gasteiger partial charge in [-0.25, -0.2) is 0 Å². The van der Waals surface area contributed by atoms with E-state index in [9.17, 15) is 14.9 Å². The third-order valence-electron chi connectivity index (χ3n) is 3.88. The summed E-state index contributed by atoms with van der Waals surface area (Å²) < 4.78 is 5.68. The van der Waals surface area contributed by atoms with E-state index in [2.05, 4.69) is 0 Å². The smallest absolute Gasteiger partial charge is 0.271 e. The zero-order valence-corrected chi connectivity index (χ0v) is 13.7. The highest BCUT2D eigenvalue weighted by Crippen LogP contribution is 2.38. The van der Waals surface area contributed by atoms with E-state index in [1.165, 1.54) is 23.1 Å². The number of carbonyl (C=O) groups is 1. The number of nitro groups is 1. The van der Waals surface area contributed by atoms with Gasteiger partial charge in [0.2, 0.25) is 0 Å². The van der Waals surface area contributed by atoms with Gasteiger partial charge in [-0.05, 0) is 30.2 Å². The maximum atomic E-state index is 12.7. The fourth-order valence-electron chi connectivity index (χ4n) is 2.62. The third-order valence-corrected chi connectivity index (χ3v) is 4.13. The highest BCUT2D eigenvalue weighted by atomic mass is 35.5. The predicted octanol–water partition coefficient (Wildman–Crippen LogP) is 3.95. The monoisotopic (exact) mass is 346 g/mol. The van der Waals surface area contributed by atoms with Crippen molar-refractivity contribution in [3.05, 3.63) is 63.2 Å². The van der Waals surface area contributed by atoms with Crippen LogP contribution in [-0.2, 0) is 11.3 Å². The largest absolute Gasteiger partial charge is 0.478 e. The van der Waals surface area contributed by atoms with Crippen LogP contribution in [0.1, 0.15) is 18.9 Å². The maximum absolute atomic E-state index is 12.7. The van der Waals surface area contributed by atoms with Crippen molar-refractivity contribution in [1.29, 1.82) is 0 Å². The molecule has 0 N–H and O–H groups in total. The normalized spacial score (nSPS) is 16.5. The minimum Gasteiger partial charge on any atom is -0.478 e. The number of fused-ring (bicyclic) bond motifs is 1. The van der Waals surface area contributed by atoms with Gasteiger partial charge in [0, 0.05) is 17.2 Å². The molecule has 0 aliphatic carbocycles. The summed E-state index contributed by atoms with van der Waals surface area (Å²) in [6.45, 7) is 2.16. The fraction of sp³-hybridized carbons (Fsp3) is 0.235. The van der Waals surface area contributed by atoms with Gasteiger partial charge in [0.05, 0.1) is 17.2 Å². The van der Waals surface area contributed by atoms with Gasteiger partial charge in [-0.1, -0.05) is 30.7 Å². The molecule has 0 bridgehead atoms. The van der Waals surface area contributed by atoms with Crippen LogP contribution in [0.25, 0.3) is 0 Å². The van der Waals surface area contributed by atoms with Gasteiger partial charge in [0.15, 0.2) is 6.10 Å². The second kappa shape index (κ2) is 6.49. The van der Waals surface area contributed by atoms with Crippen LogP contribution >= 0.6 is 11.6 Å². The van der Waals surface area contributed by atoms with Gasteiger partial charge in [0.25, 0.3) is 11.6 Å². The van der Waals surface area contributed by atoms with Gasteiger partial charge in [-0.15, -0.1) is 0 Å². The van der Waals surface area contributed by atoms with Crippen LogP contribution < -0.4 is 9.64 Å².